The number of rotatable bonds is 5. The van der Waals surface area contributed by atoms with E-state index in [2.05, 4.69) is 21.4 Å². The van der Waals surface area contributed by atoms with Gasteiger partial charge in [-0.05, 0) is 66.8 Å². The van der Waals surface area contributed by atoms with Crippen molar-refractivity contribution < 1.29 is 9.18 Å². The van der Waals surface area contributed by atoms with Crippen molar-refractivity contribution in [1.82, 2.24) is 9.97 Å². The van der Waals surface area contributed by atoms with Crippen LogP contribution in [0.25, 0.3) is 10.9 Å². The SMILES string of the molecule is CC(C(=O)Nc1ccc(F)cc1)C12CC(Cc3ncnc4ccccc34)(C1)C2. The quantitative estimate of drug-likeness (QED) is 0.700. The van der Waals surface area contributed by atoms with Gasteiger partial charge in [-0.15, -0.1) is 0 Å². The van der Waals surface area contributed by atoms with Gasteiger partial charge in [0.2, 0.25) is 5.91 Å². The number of halogens is 1. The summed E-state index contributed by atoms with van der Waals surface area (Å²) in [6.45, 7) is 2.02. The number of carbonyl (C=O) groups is 1. The lowest BCUT2D eigenvalue weighted by atomic mass is 9.31. The molecule has 0 spiro atoms. The molecular weight excluding hydrogens is 353 g/mol. The van der Waals surface area contributed by atoms with Crippen molar-refractivity contribution >= 4 is 22.5 Å². The first kappa shape index (κ1) is 17.3. The Labute approximate surface area is 163 Å². The Kier molecular flexibility index (Phi) is 3.76. The molecule has 3 aromatic rings. The number of hydrogen-bond acceptors (Lipinski definition) is 3. The average Bonchev–Trinajstić information content (AvgIpc) is 2.65. The molecule has 5 heteroatoms. The molecule has 0 aliphatic heterocycles. The van der Waals surface area contributed by atoms with Crippen LogP contribution in [-0.2, 0) is 11.2 Å². The summed E-state index contributed by atoms with van der Waals surface area (Å²) >= 11 is 0. The maximum Gasteiger partial charge on any atom is 0.227 e. The lowest BCUT2D eigenvalue weighted by Gasteiger charge is -2.73. The van der Waals surface area contributed by atoms with Crippen LogP contribution in [0.4, 0.5) is 10.1 Å². The second-order valence-electron chi connectivity index (χ2n) is 8.62. The smallest absolute Gasteiger partial charge is 0.227 e. The van der Waals surface area contributed by atoms with Crippen molar-refractivity contribution in [3.63, 3.8) is 0 Å². The van der Waals surface area contributed by atoms with E-state index in [0.717, 1.165) is 42.3 Å². The first-order valence-corrected chi connectivity index (χ1v) is 9.74. The lowest BCUT2D eigenvalue weighted by Crippen LogP contribution is -2.66. The van der Waals surface area contributed by atoms with Crippen LogP contribution in [-0.4, -0.2) is 15.9 Å². The number of hydrogen-bond donors (Lipinski definition) is 1. The minimum Gasteiger partial charge on any atom is -0.326 e. The van der Waals surface area contributed by atoms with Crippen LogP contribution in [0.1, 0.15) is 31.9 Å². The van der Waals surface area contributed by atoms with E-state index in [1.807, 2.05) is 25.1 Å². The van der Waals surface area contributed by atoms with E-state index in [0.29, 0.717) is 5.69 Å². The van der Waals surface area contributed by atoms with E-state index in [9.17, 15) is 9.18 Å². The van der Waals surface area contributed by atoms with Crippen LogP contribution in [0.3, 0.4) is 0 Å². The number of anilines is 1. The third-order valence-electron chi connectivity index (χ3n) is 6.77. The van der Waals surface area contributed by atoms with Gasteiger partial charge in [-0.3, -0.25) is 4.79 Å². The predicted octanol–water partition coefficient (Wildman–Crippen LogP) is 4.76. The highest BCUT2D eigenvalue weighted by Crippen LogP contribution is 2.77. The number of nitrogens with zero attached hydrogens (tertiary/aromatic N) is 2. The molecule has 142 valence electrons. The zero-order valence-corrected chi connectivity index (χ0v) is 15.8. The van der Waals surface area contributed by atoms with Crippen LogP contribution >= 0.6 is 0 Å². The Bertz CT molecular complexity index is 1040. The average molecular weight is 375 g/mol. The molecule has 1 N–H and O–H groups in total. The molecule has 1 aromatic heterocycles. The van der Waals surface area contributed by atoms with Gasteiger partial charge < -0.3 is 5.32 Å². The van der Waals surface area contributed by atoms with Crippen molar-refractivity contribution in [3.05, 3.63) is 66.4 Å². The number of amides is 1. The summed E-state index contributed by atoms with van der Waals surface area (Å²) in [6.07, 6.45) is 5.80. The predicted molar refractivity (Wildman–Crippen MR) is 106 cm³/mol. The van der Waals surface area contributed by atoms with Crippen LogP contribution in [0, 0.1) is 22.6 Å². The van der Waals surface area contributed by atoms with Gasteiger partial charge in [0.05, 0.1) is 11.2 Å². The third kappa shape index (κ3) is 2.68. The highest BCUT2D eigenvalue weighted by Gasteiger charge is 2.70. The minimum atomic E-state index is -0.301. The van der Waals surface area contributed by atoms with Gasteiger partial charge in [0.25, 0.3) is 0 Å². The van der Waals surface area contributed by atoms with Crippen molar-refractivity contribution in [1.29, 1.82) is 0 Å². The first-order valence-electron chi connectivity index (χ1n) is 9.74. The number of carbonyl (C=O) groups excluding carboxylic acids is 1. The van der Waals surface area contributed by atoms with E-state index in [1.54, 1.807) is 18.5 Å². The molecule has 1 amide bonds. The molecule has 0 radical (unpaired) electrons. The molecule has 28 heavy (non-hydrogen) atoms. The van der Waals surface area contributed by atoms with Crippen molar-refractivity contribution in [2.24, 2.45) is 16.7 Å². The molecule has 1 heterocycles. The van der Waals surface area contributed by atoms with Gasteiger partial charge in [-0.2, -0.15) is 0 Å². The van der Waals surface area contributed by atoms with Crippen LogP contribution in [0.15, 0.2) is 54.9 Å². The summed E-state index contributed by atoms with van der Waals surface area (Å²) in [5.74, 6) is -0.335. The normalized spacial score (nSPS) is 26.2. The molecule has 1 unspecified atom stereocenters. The Morgan fingerprint density at radius 1 is 1.11 bits per heavy atom. The van der Waals surface area contributed by atoms with Gasteiger partial charge in [-0.1, -0.05) is 25.1 Å². The number of aromatic nitrogens is 2. The maximum atomic E-state index is 13.0. The Hall–Kier alpha value is -2.82. The van der Waals surface area contributed by atoms with E-state index < -0.39 is 0 Å². The highest BCUT2D eigenvalue weighted by molar-refractivity contribution is 5.93. The highest BCUT2D eigenvalue weighted by atomic mass is 19.1. The summed E-state index contributed by atoms with van der Waals surface area (Å²) in [6, 6.07) is 14.1. The molecule has 3 fully saturated rings. The molecule has 3 aliphatic rings. The Balaban J connectivity index is 1.25. The van der Waals surface area contributed by atoms with Gasteiger partial charge in [0.15, 0.2) is 0 Å². The van der Waals surface area contributed by atoms with E-state index in [4.69, 9.17) is 0 Å². The minimum absolute atomic E-state index is 0.0207. The third-order valence-corrected chi connectivity index (χ3v) is 6.77. The zero-order valence-electron chi connectivity index (χ0n) is 15.8. The van der Waals surface area contributed by atoms with Gasteiger partial charge >= 0.3 is 0 Å². The lowest BCUT2D eigenvalue weighted by molar-refractivity contribution is -0.228. The van der Waals surface area contributed by atoms with Gasteiger partial charge in [0.1, 0.15) is 12.1 Å². The summed E-state index contributed by atoms with van der Waals surface area (Å²) in [7, 11) is 0. The second kappa shape index (κ2) is 6.09. The topological polar surface area (TPSA) is 54.9 Å². The van der Waals surface area contributed by atoms with Gasteiger partial charge in [-0.25, -0.2) is 14.4 Å². The first-order chi connectivity index (χ1) is 13.5. The largest absolute Gasteiger partial charge is 0.326 e. The fourth-order valence-electron chi connectivity index (χ4n) is 5.35. The van der Waals surface area contributed by atoms with E-state index in [1.165, 1.54) is 12.1 Å². The summed E-state index contributed by atoms with van der Waals surface area (Å²) in [5.41, 5.74) is 3.13. The number of para-hydroxylation sites is 1. The zero-order chi connectivity index (χ0) is 19.4. The summed E-state index contributed by atoms with van der Waals surface area (Å²) in [4.78, 5) is 21.6. The Morgan fingerprint density at radius 3 is 2.57 bits per heavy atom. The molecule has 6 rings (SSSR count). The molecule has 2 aromatic carbocycles. The molecule has 1 atom stereocenters. The molecular formula is C23H22FN3O. The molecule has 0 saturated heterocycles. The summed E-state index contributed by atoms with van der Waals surface area (Å²) < 4.78 is 13.0. The van der Waals surface area contributed by atoms with Crippen molar-refractivity contribution in [2.75, 3.05) is 5.32 Å². The van der Waals surface area contributed by atoms with Crippen molar-refractivity contribution in [2.45, 2.75) is 32.6 Å². The van der Waals surface area contributed by atoms with Crippen LogP contribution < -0.4 is 5.32 Å². The number of fused-ring (bicyclic) bond motifs is 1. The van der Waals surface area contributed by atoms with E-state index >= 15 is 0 Å². The monoisotopic (exact) mass is 375 g/mol. The second-order valence-corrected chi connectivity index (χ2v) is 8.62. The molecule has 4 nitrogen and oxygen atoms in total. The van der Waals surface area contributed by atoms with Crippen LogP contribution in [0.2, 0.25) is 0 Å². The molecule has 2 bridgehead atoms. The fraction of sp³-hybridized carbons (Fsp3) is 0.348. The summed E-state index contributed by atoms with van der Waals surface area (Å²) in [5, 5.41) is 4.06. The fourth-order valence-corrected chi connectivity index (χ4v) is 5.35. The standard InChI is InChI=1S/C23H22FN3O/c1-15(21(28)27-17-8-6-16(24)7-9-17)23-11-22(12-23,13-23)10-20-18-4-2-3-5-19(18)25-14-26-20/h2-9,14-15H,10-13H2,1H3,(H,27,28). The van der Waals surface area contributed by atoms with Gasteiger partial charge in [0, 0.05) is 17.0 Å². The maximum absolute atomic E-state index is 13.0. The number of nitrogens with one attached hydrogen (secondary N) is 1. The van der Waals surface area contributed by atoms with E-state index in [-0.39, 0.29) is 28.5 Å². The number of benzene rings is 2. The molecule has 3 aliphatic carbocycles. The van der Waals surface area contributed by atoms with Crippen LogP contribution in [0.5, 0.6) is 0 Å². The molecule has 3 saturated carbocycles. The van der Waals surface area contributed by atoms with Crippen molar-refractivity contribution in [3.8, 4) is 0 Å². The Morgan fingerprint density at radius 2 is 1.82 bits per heavy atom.